The normalized spacial score (nSPS) is 18.5. The van der Waals surface area contributed by atoms with E-state index in [0.29, 0.717) is 24.5 Å². The van der Waals surface area contributed by atoms with Gasteiger partial charge in [-0.3, -0.25) is 9.69 Å². The predicted molar refractivity (Wildman–Crippen MR) is 143 cm³/mol. The van der Waals surface area contributed by atoms with Crippen molar-refractivity contribution in [1.29, 1.82) is 0 Å². The molecule has 2 atom stereocenters. The maximum atomic E-state index is 12.6. The molecule has 1 amide bonds. The van der Waals surface area contributed by atoms with Crippen LogP contribution in [0.5, 0.6) is 5.75 Å². The number of carbonyl (C=O) groups excluding carboxylic acids is 1. The minimum Gasteiger partial charge on any atom is -0.492 e. The van der Waals surface area contributed by atoms with Gasteiger partial charge < -0.3 is 10.1 Å². The summed E-state index contributed by atoms with van der Waals surface area (Å²) in [4.78, 5) is 15.2. The van der Waals surface area contributed by atoms with Crippen LogP contribution < -0.4 is 10.1 Å². The average molecular weight is 457 g/mol. The van der Waals surface area contributed by atoms with Crippen LogP contribution in [0.25, 0.3) is 0 Å². The van der Waals surface area contributed by atoms with Gasteiger partial charge in [0.1, 0.15) is 12.4 Å². The highest BCUT2D eigenvalue weighted by Crippen LogP contribution is 2.35. The zero-order chi connectivity index (χ0) is 24.3. The molecular weight excluding hydrogens is 408 g/mol. The first-order valence-corrected chi connectivity index (χ1v) is 12.6. The number of likely N-dealkylation sites (tertiary alicyclic amines) is 1. The van der Waals surface area contributed by atoms with Crippen molar-refractivity contribution >= 4 is 5.91 Å². The van der Waals surface area contributed by atoms with E-state index in [4.69, 9.17) is 4.74 Å². The molecule has 1 aliphatic rings. The van der Waals surface area contributed by atoms with E-state index in [-0.39, 0.29) is 14.8 Å². The maximum absolute atomic E-state index is 12.6. The number of aryl methyl sites for hydroxylation is 1. The van der Waals surface area contributed by atoms with Crippen molar-refractivity contribution in [3.05, 3.63) is 65.7 Å². The minimum atomic E-state index is 0. The summed E-state index contributed by atoms with van der Waals surface area (Å²) in [7, 11) is 0. The maximum Gasteiger partial charge on any atom is 0.220 e. The number of rotatable bonds is 9. The van der Waals surface area contributed by atoms with Crippen LogP contribution in [0, 0.1) is 12.3 Å². The van der Waals surface area contributed by atoms with Crippen LogP contribution in [0.4, 0.5) is 0 Å². The number of ether oxygens (including phenoxy) is 1. The van der Waals surface area contributed by atoms with E-state index < -0.39 is 0 Å². The Labute approximate surface area is 204 Å². The van der Waals surface area contributed by atoms with E-state index in [1.54, 1.807) is 0 Å². The summed E-state index contributed by atoms with van der Waals surface area (Å²) in [5.74, 6) is 1.05. The molecule has 33 heavy (non-hydrogen) atoms. The van der Waals surface area contributed by atoms with Crippen LogP contribution in [0.15, 0.2) is 54.6 Å². The van der Waals surface area contributed by atoms with Crippen LogP contribution in [-0.4, -0.2) is 36.5 Å². The molecule has 4 heteroatoms. The van der Waals surface area contributed by atoms with Crippen molar-refractivity contribution in [3.63, 3.8) is 0 Å². The zero-order valence-electron chi connectivity index (χ0n) is 21.6. The highest BCUT2D eigenvalue weighted by Gasteiger charge is 2.33. The number of carbonyl (C=O) groups is 1. The van der Waals surface area contributed by atoms with E-state index in [9.17, 15) is 4.79 Å². The molecule has 1 heterocycles. The van der Waals surface area contributed by atoms with Crippen molar-refractivity contribution in [3.8, 4) is 5.75 Å². The van der Waals surface area contributed by atoms with Gasteiger partial charge in [0.15, 0.2) is 0 Å². The second-order valence-electron chi connectivity index (χ2n) is 9.71. The molecule has 3 rings (SSSR count). The lowest BCUT2D eigenvalue weighted by Gasteiger charge is -2.43. The molecule has 186 valence electrons. The molecule has 1 fully saturated rings. The summed E-state index contributed by atoms with van der Waals surface area (Å²) < 4.78 is 5.92. The number of nitrogens with zero attached hydrogens (tertiary/aromatic N) is 1. The monoisotopic (exact) mass is 456 g/mol. The predicted octanol–water partition coefficient (Wildman–Crippen LogP) is 7.04. The molecule has 0 saturated carbocycles. The van der Waals surface area contributed by atoms with Crippen molar-refractivity contribution in [2.24, 2.45) is 5.41 Å². The Balaban J connectivity index is 0.00000282. The topological polar surface area (TPSA) is 41.6 Å². The van der Waals surface area contributed by atoms with Crippen molar-refractivity contribution in [1.82, 2.24) is 10.2 Å². The molecule has 0 aliphatic carbocycles. The second kappa shape index (κ2) is 13.4. The first-order chi connectivity index (χ1) is 15.8. The fourth-order valence-electron chi connectivity index (χ4n) is 4.42. The molecule has 0 aromatic heterocycles. The van der Waals surface area contributed by atoms with Crippen LogP contribution in [0.1, 0.15) is 80.3 Å². The van der Waals surface area contributed by atoms with Gasteiger partial charge in [0.05, 0.1) is 6.04 Å². The van der Waals surface area contributed by atoms with Gasteiger partial charge in [-0.05, 0) is 62.8 Å². The molecule has 1 unspecified atom stereocenters. The van der Waals surface area contributed by atoms with E-state index in [0.717, 1.165) is 37.2 Å². The lowest BCUT2D eigenvalue weighted by atomic mass is 9.77. The quantitative estimate of drug-likeness (QED) is 0.440. The van der Waals surface area contributed by atoms with Crippen LogP contribution >= 0.6 is 0 Å². The van der Waals surface area contributed by atoms with Crippen LogP contribution in [-0.2, 0) is 4.79 Å². The lowest BCUT2D eigenvalue weighted by Crippen LogP contribution is -2.47. The molecule has 1 saturated heterocycles. The second-order valence-corrected chi connectivity index (χ2v) is 9.71. The standard InChI is InChI=1S/C27H38N2O2.C2H6.2H2/c1-21-10-12-23(13-11-21)22(2)28-26(30)15-14-24-20-27(3,4)16-17-29(24)18-19-31-25-8-6-5-7-9-25;1-2;;/h5-13,22,24H,14-20H2,1-4H3,(H,28,30);1-2H3;2*1H/t22-,24?;;;/m0.../s1. The van der Waals surface area contributed by atoms with E-state index in [1.807, 2.05) is 44.2 Å². The van der Waals surface area contributed by atoms with Gasteiger partial charge in [-0.25, -0.2) is 0 Å². The first kappa shape index (κ1) is 26.9. The number of amides is 1. The molecule has 1 N–H and O–H groups in total. The van der Waals surface area contributed by atoms with Gasteiger partial charge in [-0.1, -0.05) is 75.7 Å². The number of para-hydroxylation sites is 1. The molecule has 1 aliphatic heterocycles. The largest absolute Gasteiger partial charge is 0.492 e. The minimum absolute atomic E-state index is 0. The summed E-state index contributed by atoms with van der Waals surface area (Å²) >= 11 is 0. The summed E-state index contributed by atoms with van der Waals surface area (Å²) in [6.07, 6.45) is 3.76. The summed E-state index contributed by atoms with van der Waals surface area (Å²) in [6.45, 7) is 15.5. The molecule has 4 nitrogen and oxygen atoms in total. The Morgan fingerprint density at radius 2 is 1.82 bits per heavy atom. The zero-order valence-corrected chi connectivity index (χ0v) is 21.6. The lowest BCUT2D eigenvalue weighted by molar-refractivity contribution is -0.122. The Hall–Kier alpha value is -2.33. The Bertz CT molecular complexity index is 828. The first-order valence-electron chi connectivity index (χ1n) is 12.6. The number of benzene rings is 2. The molecule has 2 aromatic carbocycles. The Morgan fingerprint density at radius 3 is 2.48 bits per heavy atom. The average Bonchev–Trinajstić information content (AvgIpc) is 2.81. The molecule has 0 spiro atoms. The van der Waals surface area contributed by atoms with Crippen molar-refractivity contribution in [2.75, 3.05) is 19.7 Å². The Morgan fingerprint density at radius 1 is 1.15 bits per heavy atom. The highest BCUT2D eigenvalue weighted by atomic mass is 16.5. The summed E-state index contributed by atoms with van der Waals surface area (Å²) in [6, 6.07) is 18.8. The van der Waals surface area contributed by atoms with Crippen LogP contribution in [0.2, 0.25) is 0 Å². The van der Waals surface area contributed by atoms with Gasteiger partial charge in [0, 0.05) is 21.9 Å². The summed E-state index contributed by atoms with van der Waals surface area (Å²) in [5.41, 5.74) is 2.71. The van der Waals surface area contributed by atoms with Gasteiger partial charge >= 0.3 is 0 Å². The molecular formula is C29H48N2O2. The number of hydrogen-bond donors (Lipinski definition) is 1. The van der Waals surface area contributed by atoms with Crippen LogP contribution in [0.3, 0.4) is 0 Å². The van der Waals surface area contributed by atoms with E-state index in [1.165, 1.54) is 12.0 Å². The van der Waals surface area contributed by atoms with Crippen molar-refractivity contribution in [2.45, 2.75) is 79.3 Å². The fraction of sp³-hybridized carbons (Fsp3) is 0.552. The van der Waals surface area contributed by atoms with Gasteiger partial charge in [-0.15, -0.1) is 0 Å². The highest BCUT2D eigenvalue weighted by molar-refractivity contribution is 5.76. The number of hydrogen-bond acceptors (Lipinski definition) is 3. The molecule has 0 bridgehead atoms. The molecule has 2 aromatic rings. The van der Waals surface area contributed by atoms with E-state index in [2.05, 4.69) is 62.2 Å². The summed E-state index contributed by atoms with van der Waals surface area (Å²) in [5, 5.41) is 3.17. The third-order valence-electron chi connectivity index (χ3n) is 6.43. The van der Waals surface area contributed by atoms with E-state index >= 15 is 0 Å². The fourth-order valence-corrected chi connectivity index (χ4v) is 4.42. The number of piperidine rings is 1. The molecule has 0 radical (unpaired) electrons. The van der Waals surface area contributed by atoms with Gasteiger partial charge in [0.25, 0.3) is 0 Å². The van der Waals surface area contributed by atoms with Crippen molar-refractivity contribution < 1.29 is 12.4 Å². The van der Waals surface area contributed by atoms with Gasteiger partial charge in [-0.2, -0.15) is 0 Å². The SMILES string of the molecule is CC.Cc1ccc([C@H](C)NC(=O)CCC2CC(C)(C)CCN2CCOc2ccccc2)cc1.[HH].[HH]. The third kappa shape index (κ3) is 9.21. The third-order valence-corrected chi connectivity index (χ3v) is 6.43. The van der Waals surface area contributed by atoms with Gasteiger partial charge in [0.2, 0.25) is 5.91 Å². The number of nitrogens with one attached hydrogen (secondary N) is 1. The Kier molecular flexibility index (Phi) is 10.9. The smallest absolute Gasteiger partial charge is 0.220 e.